The van der Waals surface area contributed by atoms with Gasteiger partial charge in [-0.15, -0.1) is 0 Å². The van der Waals surface area contributed by atoms with E-state index in [1.54, 1.807) is 6.07 Å². The van der Waals surface area contributed by atoms with E-state index in [4.69, 9.17) is 0 Å². The van der Waals surface area contributed by atoms with E-state index in [9.17, 15) is 4.79 Å². The summed E-state index contributed by atoms with van der Waals surface area (Å²) in [5.74, 6) is 0. The largest absolute Gasteiger partial charge is 0.307 e. The molecule has 4 heteroatoms. The van der Waals surface area contributed by atoms with Crippen LogP contribution in [-0.2, 0) is 11.8 Å². The highest BCUT2D eigenvalue weighted by molar-refractivity contribution is 5.47. The fraction of sp³-hybridized carbons (Fsp3) is 0.500. The molecular formula is C12H17N3O. The van der Waals surface area contributed by atoms with Crippen LogP contribution in [0.5, 0.6) is 0 Å². The minimum Gasteiger partial charge on any atom is -0.307 e. The molecule has 86 valence electrons. The van der Waals surface area contributed by atoms with Crippen LogP contribution in [0.3, 0.4) is 0 Å². The first kappa shape index (κ1) is 10.9. The lowest BCUT2D eigenvalue weighted by atomic mass is 9.92. The van der Waals surface area contributed by atoms with Gasteiger partial charge in [0.05, 0.1) is 11.9 Å². The Morgan fingerprint density at radius 2 is 2.12 bits per heavy atom. The molecule has 2 aromatic heterocycles. The van der Waals surface area contributed by atoms with Crippen LogP contribution in [0, 0.1) is 0 Å². The van der Waals surface area contributed by atoms with Crippen molar-refractivity contribution in [3.05, 3.63) is 33.9 Å². The number of H-pyrrole nitrogens is 1. The van der Waals surface area contributed by atoms with E-state index < -0.39 is 0 Å². The summed E-state index contributed by atoms with van der Waals surface area (Å²) in [5.41, 5.74) is 2.67. The predicted molar refractivity (Wildman–Crippen MR) is 63.9 cm³/mol. The van der Waals surface area contributed by atoms with Crippen LogP contribution in [0.2, 0.25) is 0 Å². The van der Waals surface area contributed by atoms with E-state index in [-0.39, 0.29) is 11.0 Å². The van der Waals surface area contributed by atoms with Crippen molar-refractivity contribution in [2.75, 3.05) is 0 Å². The number of hydrogen-bond donors (Lipinski definition) is 1. The molecule has 0 radical (unpaired) electrons. The van der Waals surface area contributed by atoms with Gasteiger partial charge in [-0.3, -0.25) is 4.79 Å². The number of nitrogens with one attached hydrogen (secondary N) is 1. The van der Waals surface area contributed by atoms with E-state index in [2.05, 4.69) is 37.8 Å². The molecule has 0 bridgehead atoms. The Bertz CT molecular complexity index is 572. The Morgan fingerprint density at radius 3 is 2.69 bits per heavy atom. The van der Waals surface area contributed by atoms with Gasteiger partial charge >= 0.3 is 0 Å². The normalized spacial score (nSPS) is 12.2. The van der Waals surface area contributed by atoms with E-state index in [0.29, 0.717) is 0 Å². The van der Waals surface area contributed by atoms with Crippen LogP contribution in [0.25, 0.3) is 5.65 Å². The molecule has 0 aliphatic heterocycles. The fourth-order valence-corrected chi connectivity index (χ4v) is 1.83. The maximum Gasteiger partial charge on any atom is 0.251 e. The van der Waals surface area contributed by atoms with Crippen LogP contribution in [0.15, 0.2) is 17.1 Å². The van der Waals surface area contributed by atoms with Gasteiger partial charge in [-0.25, -0.2) is 4.52 Å². The lowest BCUT2D eigenvalue weighted by Crippen LogP contribution is -2.22. The van der Waals surface area contributed by atoms with Crippen molar-refractivity contribution in [1.82, 2.24) is 14.6 Å². The van der Waals surface area contributed by atoms with Gasteiger partial charge in [-0.1, -0.05) is 27.7 Å². The van der Waals surface area contributed by atoms with Crippen LogP contribution in [0.4, 0.5) is 0 Å². The molecule has 0 amide bonds. The minimum atomic E-state index is -0.0937. The molecular weight excluding hydrogens is 202 g/mol. The van der Waals surface area contributed by atoms with Crippen molar-refractivity contribution in [2.45, 2.75) is 39.5 Å². The standard InChI is InChI=1S/C12H17N3O/c1-5-8-7-13-15-9(12(2,3)4)6-10(16)14-11(8)15/h6-7H,5H2,1-4H3,(H,14,16). The lowest BCUT2D eigenvalue weighted by molar-refractivity contribution is 0.545. The number of fused-ring (bicyclic) bond motifs is 1. The third-order valence-electron chi connectivity index (χ3n) is 2.73. The topological polar surface area (TPSA) is 50.2 Å². The monoisotopic (exact) mass is 219 g/mol. The van der Waals surface area contributed by atoms with Crippen molar-refractivity contribution in [3.8, 4) is 0 Å². The van der Waals surface area contributed by atoms with Gasteiger partial charge in [0.25, 0.3) is 5.56 Å². The maximum absolute atomic E-state index is 11.6. The van der Waals surface area contributed by atoms with Crippen molar-refractivity contribution < 1.29 is 0 Å². The van der Waals surface area contributed by atoms with Gasteiger partial charge in [-0.05, 0) is 6.42 Å². The second-order valence-electron chi connectivity index (χ2n) is 5.05. The number of rotatable bonds is 1. The van der Waals surface area contributed by atoms with Crippen LogP contribution in [0.1, 0.15) is 39.0 Å². The van der Waals surface area contributed by atoms with Gasteiger partial charge in [0, 0.05) is 17.0 Å². The number of aryl methyl sites for hydroxylation is 1. The molecule has 0 spiro atoms. The number of hydrogen-bond acceptors (Lipinski definition) is 2. The second kappa shape index (κ2) is 3.47. The zero-order chi connectivity index (χ0) is 11.9. The van der Waals surface area contributed by atoms with Crippen molar-refractivity contribution in [1.29, 1.82) is 0 Å². The highest BCUT2D eigenvalue weighted by atomic mass is 16.1. The molecule has 0 atom stereocenters. The quantitative estimate of drug-likeness (QED) is 0.796. The molecule has 0 saturated carbocycles. The summed E-state index contributed by atoms with van der Waals surface area (Å²) in [7, 11) is 0. The van der Waals surface area contributed by atoms with Gasteiger partial charge in [0.1, 0.15) is 5.65 Å². The van der Waals surface area contributed by atoms with E-state index in [1.807, 2.05) is 10.7 Å². The summed E-state index contributed by atoms with van der Waals surface area (Å²) in [5, 5.41) is 4.34. The molecule has 16 heavy (non-hydrogen) atoms. The fourth-order valence-electron chi connectivity index (χ4n) is 1.83. The summed E-state index contributed by atoms with van der Waals surface area (Å²) in [4.78, 5) is 14.5. The first-order chi connectivity index (χ1) is 7.43. The van der Waals surface area contributed by atoms with E-state index >= 15 is 0 Å². The molecule has 2 aromatic rings. The Balaban J connectivity index is 2.85. The summed E-state index contributed by atoms with van der Waals surface area (Å²) in [6.45, 7) is 8.29. The van der Waals surface area contributed by atoms with Gasteiger partial charge in [-0.2, -0.15) is 5.10 Å². The SMILES string of the molecule is CCc1cnn2c(C(C)(C)C)cc(=O)[nH]c12. The lowest BCUT2D eigenvalue weighted by Gasteiger charge is -2.19. The number of nitrogens with zero attached hydrogens (tertiary/aromatic N) is 2. The highest BCUT2D eigenvalue weighted by Crippen LogP contribution is 2.21. The average molecular weight is 219 g/mol. The molecule has 0 fully saturated rings. The molecule has 4 nitrogen and oxygen atoms in total. The summed E-state index contributed by atoms with van der Waals surface area (Å²) >= 11 is 0. The maximum atomic E-state index is 11.6. The Labute approximate surface area is 94.3 Å². The number of aromatic amines is 1. The summed E-state index contributed by atoms with van der Waals surface area (Å²) in [6, 6.07) is 1.62. The predicted octanol–water partition coefficient (Wildman–Crippen LogP) is 1.88. The minimum absolute atomic E-state index is 0.0624. The first-order valence-electron chi connectivity index (χ1n) is 5.54. The van der Waals surface area contributed by atoms with Gasteiger partial charge in [0.15, 0.2) is 0 Å². The van der Waals surface area contributed by atoms with Crippen LogP contribution < -0.4 is 5.56 Å². The van der Waals surface area contributed by atoms with E-state index in [0.717, 1.165) is 23.3 Å². The molecule has 2 rings (SSSR count). The molecule has 0 aliphatic rings. The third-order valence-corrected chi connectivity index (χ3v) is 2.73. The first-order valence-corrected chi connectivity index (χ1v) is 5.54. The Morgan fingerprint density at radius 1 is 1.44 bits per heavy atom. The molecule has 0 unspecified atom stereocenters. The van der Waals surface area contributed by atoms with Gasteiger partial charge < -0.3 is 4.98 Å². The zero-order valence-electron chi connectivity index (χ0n) is 10.2. The smallest absolute Gasteiger partial charge is 0.251 e. The van der Waals surface area contributed by atoms with Crippen LogP contribution in [-0.4, -0.2) is 14.6 Å². The second-order valence-corrected chi connectivity index (χ2v) is 5.05. The third kappa shape index (κ3) is 1.64. The molecule has 1 N–H and O–H groups in total. The Hall–Kier alpha value is -1.58. The number of aromatic nitrogens is 3. The summed E-state index contributed by atoms with van der Waals surface area (Å²) in [6.07, 6.45) is 2.69. The Kier molecular flexibility index (Phi) is 2.37. The molecule has 2 heterocycles. The van der Waals surface area contributed by atoms with E-state index in [1.165, 1.54) is 0 Å². The molecule has 0 aliphatic carbocycles. The van der Waals surface area contributed by atoms with Gasteiger partial charge in [0.2, 0.25) is 0 Å². The summed E-state index contributed by atoms with van der Waals surface area (Å²) < 4.78 is 1.83. The van der Waals surface area contributed by atoms with Crippen molar-refractivity contribution >= 4 is 5.65 Å². The highest BCUT2D eigenvalue weighted by Gasteiger charge is 2.19. The van der Waals surface area contributed by atoms with Crippen LogP contribution >= 0.6 is 0 Å². The average Bonchev–Trinajstić information content (AvgIpc) is 2.57. The van der Waals surface area contributed by atoms with Crippen molar-refractivity contribution in [3.63, 3.8) is 0 Å². The van der Waals surface area contributed by atoms with Crippen molar-refractivity contribution in [2.24, 2.45) is 0 Å². The molecule has 0 aromatic carbocycles. The zero-order valence-corrected chi connectivity index (χ0v) is 10.2. The molecule has 0 saturated heterocycles.